The lowest BCUT2D eigenvalue weighted by molar-refractivity contribution is 0.875. The van der Waals surface area contributed by atoms with E-state index in [-0.39, 0.29) is 5.56 Å². The van der Waals surface area contributed by atoms with Crippen LogP contribution in [-0.4, -0.2) is 17.4 Å². The van der Waals surface area contributed by atoms with Crippen LogP contribution in [0.2, 0.25) is 0 Å². The molecule has 4 heteroatoms. The molecule has 2 aromatic heterocycles. The van der Waals surface area contributed by atoms with E-state index < -0.39 is 0 Å². The van der Waals surface area contributed by atoms with Crippen molar-refractivity contribution >= 4 is 24.2 Å². The molecule has 2 rings (SSSR count). The van der Waals surface area contributed by atoms with Crippen LogP contribution in [0.25, 0.3) is 10.9 Å². The first-order chi connectivity index (χ1) is 5.70. The molecule has 0 aliphatic heterocycles. The SMILES string of the molecule is [B]c1cn(C)c(=O)c2[nH]ccc12. The van der Waals surface area contributed by atoms with E-state index >= 15 is 0 Å². The maximum Gasteiger partial charge on any atom is 0.274 e. The predicted molar refractivity (Wildman–Crippen MR) is 48.9 cm³/mol. The van der Waals surface area contributed by atoms with E-state index in [1.54, 1.807) is 25.5 Å². The molecule has 2 radical (unpaired) electrons. The molecule has 3 nitrogen and oxygen atoms in total. The van der Waals surface area contributed by atoms with Gasteiger partial charge in [0, 0.05) is 19.4 Å². The van der Waals surface area contributed by atoms with Crippen molar-refractivity contribution in [3.8, 4) is 0 Å². The van der Waals surface area contributed by atoms with E-state index in [0.29, 0.717) is 11.0 Å². The van der Waals surface area contributed by atoms with Crippen LogP contribution in [0, 0.1) is 0 Å². The van der Waals surface area contributed by atoms with Crippen molar-refractivity contribution < 1.29 is 0 Å². The average molecular weight is 158 g/mol. The number of nitrogens with zero attached hydrogens (tertiary/aromatic N) is 1. The highest BCUT2D eigenvalue weighted by atomic mass is 16.1. The molecule has 0 spiro atoms. The molecule has 0 aromatic carbocycles. The molecule has 2 aromatic rings. The summed E-state index contributed by atoms with van der Waals surface area (Å²) in [5, 5.41) is 0.790. The van der Waals surface area contributed by atoms with Gasteiger partial charge in [-0.3, -0.25) is 4.79 Å². The number of aromatic nitrogens is 2. The number of fused-ring (bicyclic) bond motifs is 1. The average Bonchev–Trinajstić information content (AvgIpc) is 2.48. The van der Waals surface area contributed by atoms with E-state index in [9.17, 15) is 4.79 Å². The molecule has 0 aliphatic rings. The van der Waals surface area contributed by atoms with Gasteiger partial charge in [0.1, 0.15) is 13.4 Å². The van der Waals surface area contributed by atoms with Gasteiger partial charge in [0.15, 0.2) is 0 Å². The fourth-order valence-electron chi connectivity index (χ4n) is 1.30. The quantitative estimate of drug-likeness (QED) is 0.523. The Morgan fingerprint density at radius 3 is 3.08 bits per heavy atom. The highest BCUT2D eigenvalue weighted by molar-refractivity contribution is 6.38. The largest absolute Gasteiger partial charge is 0.357 e. The standard InChI is InChI=1S/C8H7BN2O/c1-11-4-6(9)5-2-3-10-7(5)8(11)12/h2-4,10H,1H3. The van der Waals surface area contributed by atoms with Gasteiger partial charge < -0.3 is 9.55 Å². The number of hydrogen-bond donors (Lipinski definition) is 1. The number of nitrogens with one attached hydrogen (secondary N) is 1. The van der Waals surface area contributed by atoms with E-state index in [0.717, 1.165) is 5.39 Å². The Morgan fingerprint density at radius 1 is 1.58 bits per heavy atom. The van der Waals surface area contributed by atoms with Gasteiger partial charge in [0.05, 0.1) is 0 Å². The first-order valence-corrected chi connectivity index (χ1v) is 3.62. The van der Waals surface area contributed by atoms with Crippen LogP contribution < -0.4 is 11.0 Å². The van der Waals surface area contributed by atoms with Gasteiger partial charge >= 0.3 is 0 Å². The second-order valence-electron chi connectivity index (χ2n) is 2.77. The van der Waals surface area contributed by atoms with Crippen molar-refractivity contribution in [1.29, 1.82) is 0 Å². The fraction of sp³-hybridized carbons (Fsp3) is 0.125. The van der Waals surface area contributed by atoms with Crippen molar-refractivity contribution in [2.75, 3.05) is 0 Å². The topological polar surface area (TPSA) is 37.8 Å². The van der Waals surface area contributed by atoms with E-state index in [4.69, 9.17) is 7.85 Å². The first kappa shape index (κ1) is 7.22. The van der Waals surface area contributed by atoms with Crippen LogP contribution in [-0.2, 0) is 7.05 Å². The molecule has 0 unspecified atom stereocenters. The van der Waals surface area contributed by atoms with Gasteiger partial charge in [-0.1, -0.05) is 5.46 Å². The van der Waals surface area contributed by atoms with Crippen molar-refractivity contribution in [2.24, 2.45) is 7.05 Å². The van der Waals surface area contributed by atoms with Crippen molar-refractivity contribution in [3.05, 3.63) is 28.8 Å². The summed E-state index contributed by atoms with van der Waals surface area (Å²) in [5.41, 5.74) is 1.13. The molecule has 0 fully saturated rings. The summed E-state index contributed by atoms with van der Waals surface area (Å²) in [6, 6.07) is 1.80. The number of pyridine rings is 1. The summed E-state index contributed by atoms with van der Waals surface area (Å²) < 4.78 is 1.47. The molecule has 0 aliphatic carbocycles. The Bertz CT molecular complexity index is 483. The van der Waals surface area contributed by atoms with Crippen LogP contribution in [0.1, 0.15) is 0 Å². The lowest BCUT2D eigenvalue weighted by Crippen LogP contribution is -2.22. The van der Waals surface area contributed by atoms with Crippen LogP contribution >= 0.6 is 0 Å². The summed E-state index contributed by atoms with van der Waals surface area (Å²) in [6.45, 7) is 0. The normalized spacial score (nSPS) is 10.8. The Labute approximate surface area is 70.4 Å². The van der Waals surface area contributed by atoms with Crippen molar-refractivity contribution in [1.82, 2.24) is 9.55 Å². The van der Waals surface area contributed by atoms with Gasteiger partial charge in [-0.05, 0) is 11.5 Å². The Kier molecular flexibility index (Phi) is 1.36. The molecule has 0 saturated carbocycles. The third kappa shape index (κ3) is 0.810. The molecule has 58 valence electrons. The van der Waals surface area contributed by atoms with Gasteiger partial charge in [-0.2, -0.15) is 0 Å². The summed E-state index contributed by atoms with van der Waals surface area (Å²) in [5.74, 6) is 0. The summed E-state index contributed by atoms with van der Waals surface area (Å²) in [4.78, 5) is 14.3. The molecular formula is C8H7BN2O. The molecule has 12 heavy (non-hydrogen) atoms. The number of aryl methyl sites for hydroxylation is 1. The number of H-pyrrole nitrogens is 1. The number of rotatable bonds is 0. The minimum Gasteiger partial charge on any atom is -0.357 e. The molecule has 0 atom stereocenters. The van der Waals surface area contributed by atoms with Gasteiger partial charge in [-0.15, -0.1) is 0 Å². The van der Waals surface area contributed by atoms with Crippen molar-refractivity contribution in [3.63, 3.8) is 0 Å². The Balaban J connectivity index is 3.07. The van der Waals surface area contributed by atoms with Crippen LogP contribution in [0.4, 0.5) is 0 Å². The number of hydrogen-bond acceptors (Lipinski definition) is 1. The van der Waals surface area contributed by atoms with E-state index in [1.807, 2.05) is 0 Å². The molecule has 0 saturated heterocycles. The second kappa shape index (κ2) is 2.27. The number of aromatic amines is 1. The third-order valence-corrected chi connectivity index (χ3v) is 1.92. The Morgan fingerprint density at radius 2 is 2.33 bits per heavy atom. The first-order valence-electron chi connectivity index (χ1n) is 3.62. The van der Waals surface area contributed by atoms with Crippen LogP contribution in [0.5, 0.6) is 0 Å². The smallest absolute Gasteiger partial charge is 0.274 e. The van der Waals surface area contributed by atoms with Crippen LogP contribution in [0.3, 0.4) is 0 Å². The molecular weight excluding hydrogens is 151 g/mol. The third-order valence-electron chi connectivity index (χ3n) is 1.92. The highest BCUT2D eigenvalue weighted by Crippen LogP contribution is 2.01. The minimum absolute atomic E-state index is 0.0517. The lowest BCUT2D eigenvalue weighted by Gasteiger charge is -2.00. The molecule has 0 bridgehead atoms. The fourth-order valence-corrected chi connectivity index (χ4v) is 1.30. The maximum absolute atomic E-state index is 11.4. The van der Waals surface area contributed by atoms with Crippen molar-refractivity contribution in [2.45, 2.75) is 0 Å². The van der Waals surface area contributed by atoms with E-state index in [1.165, 1.54) is 4.57 Å². The summed E-state index contributed by atoms with van der Waals surface area (Å²) in [7, 11) is 7.37. The predicted octanol–water partition coefficient (Wildman–Crippen LogP) is -0.340. The maximum atomic E-state index is 11.4. The molecule has 1 N–H and O–H groups in total. The lowest BCUT2D eigenvalue weighted by atomic mass is 9.95. The zero-order chi connectivity index (χ0) is 8.72. The second-order valence-corrected chi connectivity index (χ2v) is 2.77. The van der Waals surface area contributed by atoms with Gasteiger partial charge in [0.25, 0.3) is 5.56 Å². The van der Waals surface area contributed by atoms with Gasteiger partial charge in [0.2, 0.25) is 0 Å². The summed E-state index contributed by atoms with van der Waals surface area (Å²) >= 11 is 0. The Hall–Kier alpha value is -1.45. The van der Waals surface area contributed by atoms with Crippen LogP contribution in [0.15, 0.2) is 23.3 Å². The highest BCUT2D eigenvalue weighted by Gasteiger charge is 2.02. The monoisotopic (exact) mass is 158 g/mol. The summed E-state index contributed by atoms with van der Waals surface area (Å²) in [6.07, 6.45) is 3.33. The van der Waals surface area contributed by atoms with E-state index in [2.05, 4.69) is 4.98 Å². The molecule has 2 heterocycles. The zero-order valence-corrected chi connectivity index (χ0v) is 6.66. The molecule has 0 amide bonds. The van der Waals surface area contributed by atoms with Gasteiger partial charge in [-0.25, -0.2) is 0 Å². The minimum atomic E-state index is -0.0517. The zero-order valence-electron chi connectivity index (χ0n) is 6.66.